The Kier molecular flexibility index (Phi) is 4.24. The van der Waals surface area contributed by atoms with E-state index in [0.717, 1.165) is 22.9 Å². The Morgan fingerprint density at radius 2 is 1.52 bits per heavy atom. The van der Waals surface area contributed by atoms with Crippen LogP contribution >= 0.6 is 11.6 Å². The standard InChI is InChI=1S/C17H22ClN3/c1-10-7-11(2)9-13(8-10)19-15-12(3)14(18)20-16(21-15)17(4,5)6/h7-9H,1-6H3,(H,19,20,21). The van der Waals surface area contributed by atoms with E-state index in [-0.39, 0.29) is 5.41 Å². The van der Waals surface area contributed by atoms with E-state index in [1.165, 1.54) is 11.1 Å². The van der Waals surface area contributed by atoms with Crippen LogP contribution in [0, 0.1) is 20.8 Å². The molecule has 1 aromatic heterocycles. The zero-order valence-electron chi connectivity index (χ0n) is 13.5. The summed E-state index contributed by atoms with van der Waals surface area (Å²) in [6, 6.07) is 6.34. The van der Waals surface area contributed by atoms with Crippen LogP contribution in [0.15, 0.2) is 18.2 Å². The van der Waals surface area contributed by atoms with Gasteiger partial charge in [-0.1, -0.05) is 38.4 Å². The zero-order valence-corrected chi connectivity index (χ0v) is 14.3. The van der Waals surface area contributed by atoms with Gasteiger partial charge in [-0.15, -0.1) is 0 Å². The Morgan fingerprint density at radius 3 is 2.05 bits per heavy atom. The van der Waals surface area contributed by atoms with Crippen LogP contribution < -0.4 is 5.32 Å². The fourth-order valence-corrected chi connectivity index (χ4v) is 2.30. The van der Waals surface area contributed by atoms with Crippen LogP contribution in [-0.4, -0.2) is 9.97 Å². The minimum absolute atomic E-state index is 0.143. The average Bonchev–Trinajstić information content (AvgIpc) is 2.32. The van der Waals surface area contributed by atoms with Crippen LogP contribution in [0.5, 0.6) is 0 Å². The maximum Gasteiger partial charge on any atom is 0.138 e. The molecule has 21 heavy (non-hydrogen) atoms. The third kappa shape index (κ3) is 3.73. The van der Waals surface area contributed by atoms with Gasteiger partial charge in [0.15, 0.2) is 0 Å². The van der Waals surface area contributed by atoms with Gasteiger partial charge in [0.05, 0.1) is 0 Å². The van der Waals surface area contributed by atoms with E-state index in [1.807, 2.05) is 6.92 Å². The highest BCUT2D eigenvalue weighted by Gasteiger charge is 2.20. The molecule has 1 aromatic carbocycles. The predicted octanol–water partition coefficient (Wildman–Crippen LogP) is 5.10. The number of nitrogens with one attached hydrogen (secondary N) is 1. The van der Waals surface area contributed by atoms with Crippen LogP contribution in [0.1, 0.15) is 43.3 Å². The first-order chi connectivity index (χ1) is 9.66. The van der Waals surface area contributed by atoms with Gasteiger partial charge in [-0.25, -0.2) is 9.97 Å². The van der Waals surface area contributed by atoms with Gasteiger partial charge in [0.25, 0.3) is 0 Å². The van der Waals surface area contributed by atoms with Crippen molar-refractivity contribution in [3.8, 4) is 0 Å². The highest BCUT2D eigenvalue weighted by atomic mass is 35.5. The summed E-state index contributed by atoms with van der Waals surface area (Å²) in [5.74, 6) is 1.51. The van der Waals surface area contributed by atoms with Crippen molar-refractivity contribution in [3.05, 3.63) is 45.9 Å². The topological polar surface area (TPSA) is 37.8 Å². The summed E-state index contributed by atoms with van der Waals surface area (Å²) in [5, 5.41) is 3.87. The van der Waals surface area contributed by atoms with Crippen LogP contribution in [-0.2, 0) is 5.41 Å². The molecule has 2 aromatic rings. The molecule has 0 fully saturated rings. The van der Waals surface area contributed by atoms with Gasteiger partial charge in [-0.3, -0.25) is 0 Å². The molecule has 2 rings (SSSR count). The lowest BCUT2D eigenvalue weighted by atomic mass is 9.95. The fourth-order valence-electron chi connectivity index (χ4n) is 2.13. The Bertz CT molecular complexity index is 652. The third-order valence-corrected chi connectivity index (χ3v) is 3.61. The van der Waals surface area contributed by atoms with E-state index < -0.39 is 0 Å². The van der Waals surface area contributed by atoms with Crippen LogP contribution in [0.25, 0.3) is 0 Å². The van der Waals surface area contributed by atoms with Crippen LogP contribution in [0.2, 0.25) is 5.15 Å². The number of benzene rings is 1. The molecule has 0 radical (unpaired) electrons. The normalized spacial score (nSPS) is 11.6. The Hall–Kier alpha value is -1.61. The monoisotopic (exact) mass is 303 g/mol. The molecule has 0 bridgehead atoms. The van der Waals surface area contributed by atoms with Crippen LogP contribution in [0.4, 0.5) is 11.5 Å². The van der Waals surface area contributed by atoms with Gasteiger partial charge in [0, 0.05) is 16.7 Å². The maximum atomic E-state index is 6.26. The van der Waals surface area contributed by atoms with E-state index in [4.69, 9.17) is 11.6 Å². The number of aromatic nitrogens is 2. The van der Waals surface area contributed by atoms with E-state index in [0.29, 0.717) is 5.15 Å². The number of hydrogen-bond acceptors (Lipinski definition) is 3. The van der Waals surface area contributed by atoms with Gasteiger partial charge in [-0.2, -0.15) is 0 Å². The minimum Gasteiger partial charge on any atom is -0.340 e. The average molecular weight is 304 g/mol. The van der Waals surface area contributed by atoms with Gasteiger partial charge in [-0.05, 0) is 44.0 Å². The lowest BCUT2D eigenvalue weighted by Crippen LogP contribution is -2.17. The number of nitrogens with zero attached hydrogens (tertiary/aromatic N) is 2. The number of aryl methyl sites for hydroxylation is 2. The zero-order chi connectivity index (χ0) is 15.8. The van der Waals surface area contributed by atoms with Crippen molar-refractivity contribution in [1.82, 2.24) is 9.97 Å². The molecule has 0 unspecified atom stereocenters. The van der Waals surface area contributed by atoms with E-state index in [1.54, 1.807) is 0 Å². The van der Waals surface area contributed by atoms with E-state index in [9.17, 15) is 0 Å². The Morgan fingerprint density at radius 1 is 0.952 bits per heavy atom. The highest BCUT2D eigenvalue weighted by molar-refractivity contribution is 6.30. The molecule has 4 heteroatoms. The first-order valence-corrected chi connectivity index (χ1v) is 7.44. The molecule has 112 valence electrons. The summed E-state index contributed by atoms with van der Waals surface area (Å²) in [4.78, 5) is 9.05. The largest absolute Gasteiger partial charge is 0.340 e. The van der Waals surface area contributed by atoms with E-state index in [2.05, 4.69) is 68.1 Å². The number of anilines is 2. The highest BCUT2D eigenvalue weighted by Crippen LogP contribution is 2.28. The molecule has 0 spiro atoms. The molecule has 0 saturated heterocycles. The Labute approximate surface area is 131 Å². The molecule has 0 aliphatic heterocycles. The summed E-state index contributed by atoms with van der Waals surface area (Å²) in [6.45, 7) is 12.3. The molecular weight excluding hydrogens is 282 g/mol. The van der Waals surface area contributed by atoms with Gasteiger partial charge < -0.3 is 5.32 Å². The summed E-state index contributed by atoms with van der Waals surface area (Å²) < 4.78 is 0. The van der Waals surface area contributed by atoms with Crippen molar-refractivity contribution in [2.45, 2.75) is 47.0 Å². The molecule has 3 nitrogen and oxygen atoms in total. The molecule has 0 aliphatic carbocycles. The quantitative estimate of drug-likeness (QED) is 0.785. The molecule has 1 N–H and O–H groups in total. The second-order valence-corrected chi connectivity index (χ2v) is 6.92. The van der Waals surface area contributed by atoms with Crippen molar-refractivity contribution >= 4 is 23.1 Å². The smallest absolute Gasteiger partial charge is 0.138 e. The lowest BCUT2D eigenvalue weighted by molar-refractivity contribution is 0.545. The summed E-state index contributed by atoms with van der Waals surface area (Å²) in [7, 11) is 0. The molecule has 1 heterocycles. The summed E-state index contributed by atoms with van der Waals surface area (Å²) >= 11 is 6.26. The molecule has 0 saturated carbocycles. The molecule has 0 amide bonds. The molecule has 0 aliphatic rings. The van der Waals surface area contributed by atoms with Crippen LogP contribution in [0.3, 0.4) is 0 Å². The third-order valence-electron chi connectivity index (χ3n) is 3.24. The van der Waals surface area contributed by atoms with Gasteiger partial charge >= 0.3 is 0 Å². The van der Waals surface area contributed by atoms with Crippen molar-refractivity contribution in [2.75, 3.05) is 5.32 Å². The molecular formula is C17H22ClN3. The first kappa shape index (κ1) is 15.8. The predicted molar refractivity (Wildman–Crippen MR) is 89.7 cm³/mol. The fraction of sp³-hybridized carbons (Fsp3) is 0.412. The molecule has 0 atom stereocenters. The minimum atomic E-state index is -0.143. The van der Waals surface area contributed by atoms with Crippen molar-refractivity contribution in [1.29, 1.82) is 0 Å². The van der Waals surface area contributed by atoms with Gasteiger partial charge in [0.2, 0.25) is 0 Å². The van der Waals surface area contributed by atoms with Crippen molar-refractivity contribution in [2.24, 2.45) is 0 Å². The number of rotatable bonds is 2. The Balaban J connectivity index is 2.46. The lowest BCUT2D eigenvalue weighted by Gasteiger charge is -2.19. The number of halogens is 1. The van der Waals surface area contributed by atoms with Crippen molar-refractivity contribution in [3.63, 3.8) is 0 Å². The maximum absolute atomic E-state index is 6.26. The second kappa shape index (κ2) is 5.64. The van der Waals surface area contributed by atoms with Crippen molar-refractivity contribution < 1.29 is 0 Å². The second-order valence-electron chi connectivity index (χ2n) is 6.56. The SMILES string of the molecule is Cc1cc(C)cc(Nc2nc(C(C)(C)C)nc(Cl)c2C)c1. The summed E-state index contributed by atoms with van der Waals surface area (Å²) in [5.41, 5.74) is 4.17. The van der Waals surface area contributed by atoms with Gasteiger partial charge in [0.1, 0.15) is 16.8 Å². The summed E-state index contributed by atoms with van der Waals surface area (Å²) in [6.07, 6.45) is 0. The number of hydrogen-bond donors (Lipinski definition) is 1. The first-order valence-electron chi connectivity index (χ1n) is 7.07. The van der Waals surface area contributed by atoms with E-state index >= 15 is 0 Å².